The number of aliphatic hydroxyl groups is 1. The number of nitrogens with zero attached hydrogens (tertiary/aromatic N) is 5. The number of thiophene rings is 1. The molecule has 3 aromatic heterocycles. The molecule has 0 fully saturated rings. The molecule has 0 bridgehead atoms. The van der Waals surface area contributed by atoms with Gasteiger partial charge in [-0.15, -0.1) is 11.3 Å². The van der Waals surface area contributed by atoms with Crippen molar-refractivity contribution in [2.45, 2.75) is 12.8 Å². The second-order valence-corrected chi connectivity index (χ2v) is 9.03. The van der Waals surface area contributed by atoms with Gasteiger partial charge in [-0.3, -0.25) is 9.48 Å². The second-order valence-electron chi connectivity index (χ2n) is 7.49. The summed E-state index contributed by atoms with van der Waals surface area (Å²) in [5.41, 5.74) is 1.15. The Labute approximate surface area is 201 Å². The van der Waals surface area contributed by atoms with Crippen LogP contribution in [0.4, 0.5) is 20.5 Å². The Morgan fingerprint density at radius 2 is 2.09 bits per heavy atom. The highest BCUT2D eigenvalue weighted by atomic mass is 35.5. The first-order valence-electron chi connectivity index (χ1n) is 10.00. The number of hydrogen-bond donors (Lipinski definition) is 2. The van der Waals surface area contributed by atoms with Gasteiger partial charge < -0.3 is 15.3 Å². The van der Waals surface area contributed by atoms with Crippen LogP contribution in [0.3, 0.4) is 0 Å². The molecule has 0 aliphatic carbocycles. The molecule has 4 heterocycles. The maximum atomic E-state index is 13.5. The first kappa shape index (κ1) is 22.4. The highest BCUT2D eigenvalue weighted by Gasteiger charge is 2.34. The Bertz CT molecular complexity index is 1410. The van der Waals surface area contributed by atoms with Crippen LogP contribution >= 0.6 is 22.9 Å². The zero-order chi connectivity index (χ0) is 24.0. The van der Waals surface area contributed by atoms with Gasteiger partial charge in [0.15, 0.2) is 11.6 Å². The summed E-state index contributed by atoms with van der Waals surface area (Å²) in [6.07, 6.45) is 3.09. The van der Waals surface area contributed by atoms with Crippen molar-refractivity contribution in [2.24, 2.45) is 7.05 Å². The summed E-state index contributed by atoms with van der Waals surface area (Å²) >= 11 is 7.66. The molecule has 1 atom stereocenters. The summed E-state index contributed by atoms with van der Waals surface area (Å²) in [6, 6.07) is 6.69. The maximum absolute atomic E-state index is 13.5. The molecule has 0 spiro atoms. The fourth-order valence-electron chi connectivity index (χ4n) is 3.53. The summed E-state index contributed by atoms with van der Waals surface area (Å²) in [4.78, 5) is 24.3. The summed E-state index contributed by atoms with van der Waals surface area (Å²) in [5, 5.41) is 18.0. The van der Waals surface area contributed by atoms with E-state index in [0.29, 0.717) is 32.9 Å². The van der Waals surface area contributed by atoms with E-state index in [0.717, 1.165) is 17.0 Å². The van der Waals surface area contributed by atoms with Gasteiger partial charge in [0.25, 0.3) is 5.91 Å². The summed E-state index contributed by atoms with van der Waals surface area (Å²) < 4.78 is 28.2. The number of carbonyl (C=O) groups is 1. The number of fused-ring (bicyclic) bond motifs is 1. The Kier molecular flexibility index (Phi) is 5.76. The maximum Gasteiger partial charge on any atom is 0.257 e. The number of carbonyl (C=O) groups excluding carboxylic acids is 1. The van der Waals surface area contributed by atoms with Crippen molar-refractivity contribution in [2.75, 3.05) is 5.32 Å². The van der Waals surface area contributed by atoms with Crippen LogP contribution in [-0.4, -0.2) is 41.9 Å². The van der Waals surface area contributed by atoms with E-state index >= 15 is 0 Å². The normalized spacial score (nSPS) is 13.9. The van der Waals surface area contributed by atoms with Crippen molar-refractivity contribution < 1.29 is 18.7 Å². The fourth-order valence-corrected chi connectivity index (χ4v) is 4.93. The summed E-state index contributed by atoms with van der Waals surface area (Å²) in [6.45, 7) is 0.156. The number of anilines is 2. The number of halogens is 3. The molecule has 173 valence electrons. The lowest BCUT2D eigenvalue weighted by Gasteiger charge is -2.22. The molecular formula is C22H16ClF2N6O2S. The van der Waals surface area contributed by atoms with E-state index in [1.807, 2.05) is 0 Å². The molecule has 2 N–H and O–H groups in total. The van der Waals surface area contributed by atoms with Gasteiger partial charge in [-0.05, 0) is 23.8 Å². The number of aryl methyl sites for hydroxylation is 1. The number of benzene rings is 1. The van der Waals surface area contributed by atoms with Crippen LogP contribution in [-0.2, 0) is 13.6 Å². The molecule has 0 saturated carbocycles. The lowest BCUT2D eigenvalue weighted by molar-refractivity contribution is 0.0271. The van der Waals surface area contributed by atoms with Crippen molar-refractivity contribution in [3.63, 3.8) is 0 Å². The van der Waals surface area contributed by atoms with E-state index in [-0.39, 0.29) is 18.0 Å². The standard InChI is InChI=1S/C22H16ClF2N6O2S/c1-30-18(4-5-27-30)28-22-26-9-13(23)20(29-22)16-8-12-17(34-16)10-31(21(12)33)19(32)7-11-2-3-14(24)15(25)6-11/h2-9,19,32H,10H2,1H3,(H,26,28,29). The predicted octanol–water partition coefficient (Wildman–Crippen LogP) is 4.14. The van der Waals surface area contributed by atoms with E-state index in [1.54, 1.807) is 30.1 Å². The number of hydrogen-bond acceptors (Lipinski definition) is 7. The highest BCUT2D eigenvalue weighted by Crippen LogP contribution is 2.39. The Balaban J connectivity index is 1.34. The van der Waals surface area contributed by atoms with Crippen LogP contribution in [0, 0.1) is 18.1 Å². The van der Waals surface area contributed by atoms with E-state index in [9.17, 15) is 18.7 Å². The number of aromatic nitrogens is 4. The minimum absolute atomic E-state index is 0.156. The van der Waals surface area contributed by atoms with Crippen molar-refractivity contribution in [3.8, 4) is 10.6 Å². The summed E-state index contributed by atoms with van der Waals surface area (Å²) in [7, 11) is 1.78. The average molecular weight is 502 g/mol. The Hall–Kier alpha value is -3.41. The molecule has 0 saturated heterocycles. The predicted molar refractivity (Wildman–Crippen MR) is 122 cm³/mol. The molecule has 8 nitrogen and oxygen atoms in total. The number of aliphatic hydroxyl groups excluding tert-OH is 1. The SMILES string of the molecule is Cn1nccc1Nc1ncc(Cl)c(-c2cc3c(s2)CN(C(O)[CH]c2ccc(F)c(F)c2)C3=O)n1. The summed E-state index contributed by atoms with van der Waals surface area (Å²) in [5.74, 6) is -1.39. The van der Waals surface area contributed by atoms with Crippen molar-refractivity contribution in [3.05, 3.63) is 81.8 Å². The van der Waals surface area contributed by atoms with Crippen molar-refractivity contribution in [1.82, 2.24) is 24.6 Å². The van der Waals surface area contributed by atoms with Crippen LogP contribution in [0.5, 0.6) is 0 Å². The number of rotatable bonds is 6. The monoisotopic (exact) mass is 501 g/mol. The van der Waals surface area contributed by atoms with Gasteiger partial charge in [0.2, 0.25) is 5.95 Å². The van der Waals surface area contributed by atoms with Gasteiger partial charge in [0.05, 0.1) is 34.4 Å². The molecule has 1 aliphatic rings. The smallest absolute Gasteiger partial charge is 0.257 e. The molecular weight excluding hydrogens is 486 g/mol. The lowest BCUT2D eigenvalue weighted by atomic mass is 10.1. The van der Waals surface area contributed by atoms with Crippen molar-refractivity contribution >= 4 is 40.6 Å². The van der Waals surface area contributed by atoms with Gasteiger partial charge in [-0.2, -0.15) is 5.10 Å². The minimum atomic E-state index is -1.31. The highest BCUT2D eigenvalue weighted by molar-refractivity contribution is 7.16. The molecule has 34 heavy (non-hydrogen) atoms. The molecule has 1 amide bonds. The number of amides is 1. The molecule has 4 aromatic rings. The Morgan fingerprint density at radius 1 is 1.26 bits per heavy atom. The van der Waals surface area contributed by atoms with Crippen LogP contribution in [0.15, 0.2) is 42.7 Å². The topological polar surface area (TPSA) is 96.2 Å². The van der Waals surface area contributed by atoms with Gasteiger partial charge in [0.1, 0.15) is 17.7 Å². The number of nitrogens with one attached hydrogen (secondary N) is 1. The zero-order valence-corrected chi connectivity index (χ0v) is 19.1. The van der Waals surface area contributed by atoms with Crippen LogP contribution in [0.2, 0.25) is 5.02 Å². The molecule has 1 radical (unpaired) electrons. The first-order chi connectivity index (χ1) is 16.3. The first-order valence-corrected chi connectivity index (χ1v) is 11.2. The molecule has 12 heteroatoms. The third-order valence-electron chi connectivity index (χ3n) is 5.26. The average Bonchev–Trinajstić information content (AvgIpc) is 3.48. The van der Waals surface area contributed by atoms with E-state index < -0.39 is 17.9 Å². The van der Waals surface area contributed by atoms with E-state index in [4.69, 9.17) is 11.6 Å². The van der Waals surface area contributed by atoms with E-state index in [2.05, 4.69) is 20.4 Å². The van der Waals surface area contributed by atoms with Crippen molar-refractivity contribution in [1.29, 1.82) is 0 Å². The largest absolute Gasteiger partial charge is 0.373 e. The molecule has 1 aliphatic heterocycles. The minimum Gasteiger partial charge on any atom is -0.373 e. The van der Waals surface area contributed by atoms with Crippen LogP contribution in [0.1, 0.15) is 20.8 Å². The molecule has 1 unspecified atom stereocenters. The van der Waals surface area contributed by atoms with Crippen LogP contribution in [0.25, 0.3) is 10.6 Å². The zero-order valence-electron chi connectivity index (χ0n) is 17.5. The Morgan fingerprint density at radius 3 is 2.79 bits per heavy atom. The van der Waals surface area contributed by atoms with E-state index in [1.165, 1.54) is 34.9 Å². The van der Waals surface area contributed by atoms with Crippen LogP contribution < -0.4 is 5.32 Å². The molecule has 1 aromatic carbocycles. The third kappa shape index (κ3) is 4.13. The quantitative estimate of drug-likeness (QED) is 0.412. The van der Waals surface area contributed by atoms with Gasteiger partial charge in [-0.1, -0.05) is 17.7 Å². The molecule has 5 rings (SSSR count). The fraction of sp³-hybridized carbons (Fsp3) is 0.136. The van der Waals surface area contributed by atoms with Gasteiger partial charge in [0, 0.05) is 24.4 Å². The van der Waals surface area contributed by atoms with Gasteiger partial charge in [-0.25, -0.2) is 18.7 Å². The lowest BCUT2D eigenvalue weighted by Crippen LogP contribution is -2.36. The third-order valence-corrected chi connectivity index (χ3v) is 6.66. The van der Waals surface area contributed by atoms with Gasteiger partial charge >= 0.3 is 0 Å². The second kappa shape index (κ2) is 8.75.